The monoisotopic (exact) mass is 355 g/mol. The molecule has 1 saturated heterocycles. The van der Waals surface area contributed by atoms with E-state index in [-0.39, 0.29) is 23.7 Å². The molecule has 2 fully saturated rings. The third kappa shape index (κ3) is 3.04. The molecule has 0 bridgehead atoms. The van der Waals surface area contributed by atoms with Crippen LogP contribution in [0.15, 0.2) is 42.7 Å². The lowest BCUT2D eigenvalue weighted by Gasteiger charge is -2.42. The molecule has 3 atom stereocenters. The van der Waals surface area contributed by atoms with Gasteiger partial charge < -0.3 is 14.7 Å². The number of fused-ring (bicyclic) bond motifs is 1. The number of nitrogens with zero attached hydrogens (tertiary/aromatic N) is 3. The van der Waals surface area contributed by atoms with E-state index in [1.54, 1.807) is 13.3 Å². The number of ether oxygens (including phenoxy) is 1. The molecule has 1 aliphatic carbocycles. The van der Waals surface area contributed by atoms with Crippen molar-refractivity contribution in [3.05, 3.63) is 53.9 Å². The lowest BCUT2D eigenvalue weighted by molar-refractivity contribution is -0.0824. The Morgan fingerprint density at radius 1 is 1.38 bits per heavy atom. The van der Waals surface area contributed by atoms with Crippen LogP contribution in [-0.4, -0.2) is 57.1 Å². The molecule has 138 valence electrons. The summed E-state index contributed by atoms with van der Waals surface area (Å²) in [5.41, 5.74) is 1.42. The first kappa shape index (κ1) is 17.2. The Morgan fingerprint density at radius 2 is 2.27 bits per heavy atom. The molecule has 2 aliphatic rings. The molecule has 1 saturated carbocycles. The molecule has 1 amide bonds. The van der Waals surface area contributed by atoms with Crippen LogP contribution in [-0.2, 0) is 11.3 Å². The molecule has 4 rings (SSSR count). The van der Waals surface area contributed by atoms with Gasteiger partial charge in [-0.2, -0.15) is 5.10 Å². The zero-order chi connectivity index (χ0) is 18.1. The Hall–Kier alpha value is -2.18. The van der Waals surface area contributed by atoms with Crippen LogP contribution in [0.2, 0.25) is 0 Å². The second-order valence-corrected chi connectivity index (χ2v) is 7.37. The average molecular weight is 355 g/mol. The number of benzene rings is 1. The van der Waals surface area contributed by atoms with E-state index in [0.29, 0.717) is 25.1 Å². The van der Waals surface area contributed by atoms with Crippen LogP contribution in [0.5, 0.6) is 0 Å². The summed E-state index contributed by atoms with van der Waals surface area (Å²) in [6, 6.07) is 9.56. The summed E-state index contributed by atoms with van der Waals surface area (Å²) >= 11 is 0. The zero-order valence-electron chi connectivity index (χ0n) is 15.0. The Balaban J connectivity index is 1.56. The number of hydrogen-bond donors (Lipinski definition) is 1. The van der Waals surface area contributed by atoms with Crippen LogP contribution in [0.4, 0.5) is 0 Å². The Kier molecular flexibility index (Phi) is 4.54. The van der Waals surface area contributed by atoms with Gasteiger partial charge in [0, 0.05) is 31.6 Å². The van der Waals surface area contributed by atoms with Gasteiger partial charge in [-0.15, -0.1) is 0 Å². The maximum absolute atomic E-state index is 13.2. The normalized spacial score (nSPS) is 28.2. The number of carbonyl (C=O) groups is 1. The summed E-state index contributed by atoms with van der Waals surface area (Å²) in [6.07, 6.45) is 6.27. The highest BCUT2D eigenvalue weighted by molar-refractivity contribution is 5.95. The molecule has 1 aliphatic heterocycles. The van der Waals surface area contributed by atoms with Crippen molar-refractivity contribution in [2.75, 3.05) is 13.7 Å². The molecule has 6 nitrogen and oxygen atoms in total. The van der Waals surface area contributed by atoms with E-state index < -0.39 is 0 Å². The van der Waals surface area contributed by atoms with E-state index in [1.165, 1.54) is 0 Å². The number of hydrogen-bond acceptors (Lipinski definition) is 4. The highest BCUT2D eigenvalue weighted by Gasteiger charge is 2.52. The maximum atomic E-state index is 13.2. The molecular formula is C20H25N3O3. The van der Waals surface area contributed by atoms with Crippen LogP contribution in [0, 0.1) is 0 Å². The van der Waals surface area contributed by atoms with E-state index in [9.17, 15) is 9.90 Å². The molecule has 6 heteroatoms. The standard InChI is InChI=1S/C20H25N3O3/c1-26-20-7-6-17(24)13-18(20)23(11-8-20)19(25)16-5-2-4-15(12-16)14-22-10-3-9-21-22/h2-5,9-10,12,17-18,24H,6-8,11,13-14H2,1H3/t17?,18?,20-/m1/s1. The molecule has 2 heterocycles. The van der Waals surface area contributed by atoms with E-state index in [4.69, 9.17) is 4.74 Å². The summed E-state index contributed by atoms with van der Waals surface area (Å²) in [5.74, 6) is 0.0188. The van der Waals surface area contributed by atoms with Crippen molar-refractivity contribution in [3.8, 4) is 0 Å². The smallest absolute Gasteiger partial charge is 0.254 e. The van der Waals surface area contributed by atoms with Crippen LogP contribution < -0.4 is 0 Å². The van der Waals surface area contributed by atoms with Gasteiger partial charge in [-0.3, -0.25) is 9.48 Å². The first-order chi connectivity index (χ1) is 12.6. The molecule has 1 N–H and O–H groups in total. The van der Waals surface area contributed by atoms with Gasteiger partial charge in [-0.05, 0) is 49.4 Å². The molecule has 0 radical (unpaired) electrons. The van der Waals surface area contributed by atoms with E-state index in [0.717, 1.165) is 24.8 Å². The SMILES string of the molecule is CO[C@@]12CCC(O)CC1N(C(=O)c1cccc(Cn3cccn3)c1)CC2. The van der Waals surface area contributed by atoms with Crippen LogP contribution in [0.25, 0.3) is 0 Å². The molecular weight excluding hydrogens is 330 g/mol. The van der Waals surface area contributed by atoms with Crippen LogP contribution in [0.1, 0.15) is 41.6 Å². The fourth-order valence-corrected chi connectivity index (χ4v) is 4.47. The van der Waals surface area contributed by atoms with E-state index in [2.05, 4.69) is 5.10 Å². The minimum absolute atomic E-state index is 0.0188. The predicted octanol–water partition coefficient (Wildman–Crippen LogP) is 2.08. The van der Waals surface area contributed by atoms with E-state index in [1.807, 2.05) is 46.1 Å². The fourth-order valence-electron chi connectivity index (χ4n) is 4.47. The third-order valence-electron chi connectivity index (χ3n) is 5.90. The second-order valence-electron chi connectivity index (χ2n) is 7.37. The lowest BCUT2D eigenvalue weighted by atomic mass is 9.79. The first-order valence-corrected chi connectivity index (χ1v) is 9.22. The summed E-state index contributed by atoms with van der Waals surface area (Å²) in [4.78, 5) is 15.1. The van der Waals surface area contributed by atoms with Gasteiger partial charge in [-0.25, -0.2) is 0 Å². The minimum Gasteiger partial charge on any atom is -0.393 e. The number of aliphatic hydroxyl groups excluding tert-OH is 1. The molecule has 1 aromatic heterocycles. The number of amides is 1. The van der Waals surface area contributed by atoms with Gasteiger partial charge in [0.25, 0.3) is 5.91 Å². The van der Waals surface area contributed by atoms with Gasteiger partial charge in [0.15, 0.2) is 0 Å². The van der Waals surface area contributed by atoms with Crippen molar-refractivity contribution >= 4 is 5.91 Å². The molecule has 1 aromatic carbocycles. The molecule has 26 heavy (non-hydrogen) atoms. The van der Waals surface area contributed by atoms with Crippen LogP contribution in [0.3, 0.4) is 0 Å². The molecule has 2 unspecified atom stereocenters. The minimum atomic E-state index is -0.358. The lowest BCUT2D eigenvalue weighted by Crippen LogP contribution is -2.52. The maximum Gasteiger partial charge on any atom is 0.254 e. The number of aromatic nitrogens is 2. The quantitative estimate of drug-likeness (QED) is 0.912. The fraction of sp³-hybridized carbons (Fsp3) is 0.500. The molecule has 2 aromatic rings. The summed E-state index contributed by atoms with van der Waals surface area (Å²) in [7, 11) is 1.73. The average Bonchev–Trinajstić information content (AvgIpc) is 3.29. The summed E-state index contributed by atoms with van der Waals surface area (Å²) in [5, 5.41) is 14.3. The first-order valence-electron chi connectivity index (χ1n) is 9.22. The third-order valence-corrected chi connectivity index (χ3v) is 5.90. The van der Waals surface area contributed by atoms with Gasteiger partial charge in [0.1, 0.15) is 0 Å². The van der Waals surface area contributed by atoms with Crippen molar-refractivity contribution in [1.29, 1.82) is 0 Å². The highest BCUT2D eigenvalue weighted by atomic mass is 16.5. The van der Waals surface area contributed by atoms with E-state index >= 15 is 0 Å². The van der Waals surface area contributed by atoms with Gasteiger partial charge in [0.2, 0.25) is 0 Å². The van der Waals surface area contributed by atoms with Crippen molar-refractivity contribution in [2.24, 2.45) is 0 Å². The Bertz CT molecular complexity index is 776. The predicted molar refractivity (Wildman–Crippen MR) is 96.8 cm³/mol. The Labute approximate surface area is 153 Å². The summed E-state index contributed by atoms with van der Waals surface area (Å²) in [6.45, 7) is 1.31. The number of rotatable bonds is 4. The zero-order valence-corrected chi connectivity index (χ0v) is 15.0. The van der Waals surface area contributed by atoms with Crippen molar-refractivity contribution < 1.29 is 14.6 Å². The van der Waals surface area contributed by atoms with Gasteiger partial charge in [0.05, 0.1) is 24.3 Å². The Morgan fingerprint density at radius 3 is 3.04 bits per heavy atom. The second kappa shape index (κ2) is 6.85. The van der Waals surface area contributed by atoms with Crippen molar-refractivity contribution in [3.63, 3.8) is 0 Å². The topological polar surface area (TPSA) is 67.6 Å². The van der Waals surface area contributed by atoms with Crippen molar-refractivity contribution in [1.82, 2.24) is 14.7 Å². The number of aliphatic hydroxyl groups is 1. The summed E-state index contributed by atoms with van der Waals surface area (Å²) < 4.78 is 7.68. The van der Waals surface area contributed by atoms with Crippen LogP contribution >= 0.6 is 0 Å². The highest BCUT2D eigenvalue weighted by Crippen LogP contribution is 2.42. The number of carbonyl (C=O) groups excluding carboxylic acids is 1. The van der Waals surface area contributed by atoms with Crippen molar-refractivity contribution in [2.45, 2.75) is 50.0 Å². The van der Waals surface area contributed by atoms with Gasteiger partial charge in [-0.1, -0.05) is 12.1 Å². The number of likely N-dealkylation sites (tertiary alicyclic amines) is 1. The number of methoxy groups -OCH3 is 1. The molecule has 0 spiro atoms. The largest absolute Gasteiger partial charge is 0.393 e. The van der Waals surface area contributed by atoms with Gasteiger partial charge >= 0.3 is 0 Å².